The molecule has 0 saturated carbocycles. The fraction of sp³-hybridized carbons (Fsp3) is 0.118. The third-order valence-electron chi connectivity index (χ3n) is 3.13. The molecule has 1 amide bonds. The second-order valence-corrected chi connectivity index (χ2v) is 4.55. The molecule has 0 aromatic carbocycles. The Kier molecular flexibility index (Phi) is 4.61. The maximum Gasteiger partial charge on any atom is 0.212 e. The van der Waals surface area contributed by atoms with Crippen LogP contribution in [0.4, 0.5) is 5.82 Å². The summed E-state index contributed by atoms with van der Waals surface area (Å²) in [7, 11) is 0. The summed E-state index contributed by atoms with van der Waals surface area (Å²) in [6.45, 7) is 7.86. The first-order chi connectivity index (χ1) is 10.2. The van der Waals surface area contributed by atoms with Crippen LogP contribution < -0.4 is 5.32 Å². The third kappa shape index (κ3) is 3.23. The van der Waals surface area contributed by atoms with E-state index in [0.29, 0.717) is 12.2 Å². The molecule has 0 aliphatic heterocycles. The summed E-state index contributed by atoms with van der Waals surface area (Å²) in [5, 5.41) is 4.43. The summed E-state index contributed by atoms with van der Waals surface area (Å²) in [6.07, 6.45) is 9.88. The predicted molar refractivity (Wildman–Crippen MR) is 86.8 cm³/mol. The third-order valence-corrected chi connectivity index (χ3v) is 3.13. The standard InChI is InChI=1S/C17H17N3O/c1-4-6-12(3)15(5-2)16-7-13-8-17(20-11-21)19-10-14(13)9-18-16/h4-11H,2H2,1,3H3,(H,19,20,21)/b6-4-,15-12+. The molecular weight excluding hydrogens is 262 g/mol. The minimum absolute atomic E-state index is 0.518. The van der Waals surface area contributed by atoms with Gasteiger partial charge in [0.25, 0.3) is 0 Å². The number of rotatable bonds is 5. The highest BCUT2D eigenvalue weighted by Crippen LogP contribution is 2.23. The first-order valence-electron chi connectivity index (χ1n) is 6.62. The average molecular weight is 279 g/mol. The number of nitrogens with one attached hydrogen (secondary N) is 1. The van der Waals surface area contributed by atoms with Gasteiger partial charge in [-0.05, 0) is 36.9 Å². The van der Waals surface area contributed by atoms with Gasteiger partial charge in [0, 0.05) is 23.4 Å². The summed E-state index contributed by atoms with van der Waals surface area (Å²) in [5.41, 5.74) is 2.92. The maximum absolute atomic E-state index is 10.5. The number of carbonyl (C=O) groups is 1. The van der Waals surface area contributed by atoms with E-state index in [2.05, 4.69) is 21.9 Å². The lowest BCUT2D eigenvalue weighted by Crippen LogP contribution is -1.97. The zero-order chi connectivity index (χ0) is 15.2. The molecule has 1 N–H and O–H groups in total. The molecule has 0 atom stereocenters. The number of fused-ring (bicyclic) bond motifs is 1. The van der Waals surface area contributed by atoms with Crippen LogP contribution in [0, 0.1) is 0 Å². The lowest BCUT2D eigenvalue weighted by molar-refractivity contribution is -0.105. The molecule has 2 aromatic heterocycles. The largest absolute Gasteiger partial charge is 0.313 e. The van der Waals surface area contributed by atoms with Gasteiger partial charge in [-0.3, -0.25) is 9.78 Å². The Hall–Kier alpha value is -2.75. The minimum Gasteiger partial charge on any atom is -0.313 e. The molecule has 0 unspecified atom stereocenters. The minimum atomic E-state index is 0.518. The van der Waals surface area contributed by atoms with Crippen molar-refractivity contribution in [2.24, 2.45) is 0 Å². The van der Waals surface area contributed by atoms with Crippen molar-refractivity contribution in [3.05, 3.63) is 60.6 Å². The fourth-order valence-corrected chi connectivity index (χ4v) is 2.13. The number of allylic oxidation sites excluding steroid dienone is 5. The van der Waals surface area contributed by atoms with E-state index in [4.69, 9.17) is 0 Å². The number of hydrogen-bond acceptors (Lipinski definition) is 3. The zero-order valence-electron chi connectivity index (χ0n) is 12.1. The number of hydrogen-bond donors (Lipinski definition) is 1. The molecule has 21 heavy (non-hydrogen) atoms. The van der Waals surface area contributed by atoms with Crippen molar-refractivity contribution in [3.63, 3.8) is 0 Å². The highest BCUT2D eigenvalue weighted by Gasteiger charge is 2.05. The van der Waals surface area contributed by atoms with E-state index < -0.39 is 0 Å². The van der Waals surface area contributed by atoms with Gasteiger partial charge < -0.3 is 5.32 Å². The summed E-state index contributed by atoms with van der Waals surface area (Å²) < 4.78 is 0. The lowest BCUT2D eigenvalue weighted by Gasteiger charge is -2.07. The number of pyridine rings is 2. The number of carbonyl (C=O) groups excluding carboxylic acids is 1. The molecule has 0 aliphatic rings. The number of anilines is 1. The van der Waals surface area contributed by atoms with Crippen LogP contribution in [0.5, 0.6) is 0 Å². The van der Waals surface area contributed by atoms with Crippen LogP contribution in [0.3, 0.4) is 0 Å². The van der Waals surface area contributed by atoms with Crippen molar-refractivity contribution in [2.75, 3.05) is 5.32 Å². The van der Waals surface area contributed by atoms with Crippen molar-refractivity contribution >= 4 is 28.6 Å². The Labute approximate surface area is 123 Å². The topological polar surface area (TPSA) is 54.9 Å². The van der Waals surface area contributed by atoms with E-state index >= 15 is 0 Å². The Balaban J connectivity index is 2.57. The van der Waals surface area contributed by atoms with Gasteiger partial charge in [-0.1, -0.05) is 24.8 Å². The highest BCUT2D eigenvalue weighted by atomic mass is 16.1. The monoisotopic (exact) mass is 279 g/mol. The molecule has 2 aromatic rings. The second-order valence-electron chi connectivity index (χ2n) is 4.55. The Morgan fingerprint density at radius 3 is 2.67 bits per heavy atom. The van der Waals surface area contributed by atoms with E-state index in [9.17, 15) is 4.79 Å². The van der Waals surface area contributed by atoms with Crippen LogP contribution in [-0.2, 0) is 4.79 Å². The molecule has 2 heterocycles. The average Bonchev–Trinajstić information content (AvgIpc) is 2.48. The van der Waals surface area contributed by atoms with Gasteiger partial charge in [-0.2, -0.15) is 0 Å². The fourth-order valence-electron chi connectivity index (χ4n) is 2.13. The van der Waals surface area contributed by atoms with E-state index in [1.165, 1.54) is 0 Å². The van der Waals surface area contributed by atoms with Gasteiger partial charge >= 0.3 is 0 Å². The summed E-state index contributed by atoms with van der Waals surface area (Å²) in [4.78, 5) is 19.1. The van der Waals surface area contributed by atoms with Crippen LogP contribution in [-0.4, -0.2) is 16.4 Å². The van der Waals surface area contributed by atoms with Gasteiger partial charge in [0.05, 0.1) is 5.69 Å². The van der Waals surface area contributed by atoms with Crippen LogP contribution in [0.25, 0.3) is 16.3 Å². The molecule has 4 heteroatoms. The van der Waals surface area contributed by atoms with Gasteiger partial charge in [-0.25, -0.2) is 4.98 Å². The molecular formula is C17H17N3O. The van der Waals surface area contributed by atoms with Crippen molar-refractivity contribution < 1.29 is 4.79 Å². The summed E-state index contributed by atoms with van der Waals surface area (Å²) in [6, 6.07) is 3.79. The lowest BCUT2D eigenvalue weighted by atomic mass is 10.0. The molecule has 0 bridgehead atoms. The smallest absolute Gasteiger partial charge is 0.212 e. The van der Waals surface area contributed by atoms with Crippen LogP contribution in [0.15, 0.2) is 54.9 Å². The van der Waals surface area contributed by atoms with Crippen molar-refractivity contribution in [1.82, 2.24) is 9.97 Å². The van der Waals surface area contributed by atoms with Crippen molar-refractivity contribution in [1.29, 1.82) is 0 Å². The molecule has 0 aliphatic carbocycles. The van der Waals surface area contributed by atoms with Gasteiger partial charge in [0.2, 0.25) is 6.41 Å². The number of nitrogens with zero attached hydrogens (tertiary/aromatic N) is 2. The molecule has 2 rings (SSSR count). The van der Waals surface area contributed by atoms with Gasteiger partial charge in [0.1, 0.15) is 5.82 Å². The van der Waals surface area contributed by atoms with Gasteiger partial charge in [0.15, 0.2) is 0 Å². The van der Waals surface area contributed by atoms with Gasteiger partial charge in [-0.15, -0.1) is 0 Å². The summed E-state index contributed by atoms with van der Waals surface area (Å²) in [5.74, 6) is 0.518. The Morgan fingerprint density at radius 1 is 1.24 bits per heavy atom. The van der Waals surface area contributed by atoms with E-state index in [1.807, 2.05) is 38.1 Å². The Bertz CT molecular complexity index is 745. The SMILES string of the molecule is C=C/C(=C(C)\C=C/C)c1cc2cc(NC=O)ncc2cn1. The van der Waals surface area contributed by atoms with E-state index in [-0.39, 0.29) is 0 Å². The Morgan fingerprint density at radius 2 is 2.00 bits per heavy atom. The van der Waals surface area contributed by atoms with Crippen molar-refractivity contribution in [3.8, 4) is 0 Å². The molecule has 106 valence electrons. The molecule has 0 spiro atoms. The number of aromatic nitrogens is 2. The van der Waals surface area contributed by atoms with E-state index in [0.717, 1.165) is 27.6 Å². The summed E-state index contributed by atoms with van der Waals surface area (Å²) >= 11 is 0. The van der Waals surface area contributed by atoms with Crippen LogP contribution in [0.1, 0.15) is 19.5 Å². The number of amides is 1. The van der Waals surface area contributed by atoms with Crippen molar-refractivity contribution in [2.45, 2.75) is 13.8 Å². The molecule has 0 fully saturated rings. The van der Waals surface area contributed by atoms with Crippen LogP contribution in [0.2, 0.25) is 0 Å². The highest BCUT2D eigenvalue weighted by molar-refractivity contribution is 5.88. The maximum atomic E-state index is 10.5. The van der Waals surface area contributed by atoms with Crippen LogP contribution >= 0.6 is 0 Å². The first-order valence-corrected chi connectivity index (χ1v) is 6.62. The first kappa shape index (κ1) is 14.7. The normalized spacial score (nSPS) is 12.3. The molecule has 0 saturated heterocycles. The molecule has 4 nitrogen and oxygen atoms in total. The molecule has 0 radical (unpaired) electrons. The predicted octanol–water partition coefficient (Wildman–Crippen LogP) is 3.73. The quantitative estimate of drug-likeness (QED) is 0.670. The second kappa shape index (κ2) is 6.61. The van der Waals surface area contributed by atoms with E-state index in [1.54, 1.807) is 18.5 Å². The zero-order valence-corrected chi connectivity index (χ0v) is 12.1.